The van der Waals surface area contributed by atoms with Crippen molar-refractivity contribution >= 4 is 66.5 Å². The van der Waals surface area contributed by atoms with Crippen LogP contribution in [0, 0.1) is 5.82 Å². The Morgan fingerprint density at radius 1 is 1.35 bits per heavy atom. The lowest BCUT2D eigenvalue weighted by Crippen LogP contribution is -2.01. The molecule has 0 bridgehead atoms. The molecule has 0 saturated carbocycles. The minimum absolute atomic E-state index is 0.164. The fraction of sp³-hybridized carbons (Fsp3) is 0. The zero-order valence-electron chi connectivity index (χ0n) is 9.82. The lowest BCUT2D eigenvalue weighted by molar-refractivity contribution is 0.627. The van der Waals surface area contributed by atoms with E-state index in [1.54, 1.807) is 0 Å². The van der Waals surface area contributed by atoms with Crippen LogP contribution in [0.1, 0.15) is 0 Å². The summed E-state index contributed by atoms with van der Waals surface area (Å²) in [7, 11) is 0. The number of nitrogen functional groups attached to an aromatic ring is 1. The summed E-state index contributed by atoms with van der Waals surface area (Å²) >= 11 is 10.8. The molecule has 2 aromatic heterocycles. The SMILES string of the molecule is Nc1nc(Nc2c(Cl)cc(F)cc2Br)c2ccsc2n1. The van der Waals surface area contributed by atoms with Gasteiger partial charge in [0.1, 0.15) is 16.5 Å². The van der Waals surface area contributed by atoms with Gasteiger partial charge in [0.25, 0.3) is 0 Å². The van der Waals surface area contributed by atoms with Crippen molar-refractivity contribution in [2.75, 3.05) is 11.1 Å². The number of aromatic nitrogens is 2. The van der Waals surface area contributed by atoms with E-state index in [-0.39, 0.29) is 11.0 Å². The molecule has 0 saturated heterocycles. The molecule has 4 nitrogen and oxygen atoms in total. The summed E-state index contributed by atoms with van der Waals surface area (Å²) in [6, 6.07) is 4.43. The Bertz CT molecular complexity index is 784. The third-order valence-corrected chi connectivity index (χ3v) is 4.32. The number of thiophene rings is 1. The summed E-state index contributed by atoms with van der Waals surface area (Å²) in [6.45, 7) is 0. The van der Waals surface area contributed by atoms with E-state index >= 15 is 0 Å². The van der Waals surface area contributed by atoms with Crippen molar-refractivity contribution in [1.29, 1.82) is 0 Å². The summed E-state index contributed by atoms with van der Waals surface area (Å²) in [5.41, 5.74) is 6.20. The zero-order valence-corrected chi connectivity index (χ0v) is 13.0. The van der Waals surface area contributed by atoms with Crippen LogP contribution in [0.25, 0.3) is 10.2 Å². The number of hydrogen-bond donors (Lipinski definition) is 2. The van der Waals surface area contributed by atoms with Gasteiger partial charge in [-0.1, -0.05) is 11.6 Å². The lowest BCUT2D eigenvalue weighted by atomic mass is 10.3. The van der Waals surface area contributed by atoms with Crippen molar-refractivity contribution < 1.29 is 4.39 Å². The van der Waals surface area contributed by atoms with E-state index in [2.05, 4.69) is 31.2 Å². The molecule has 20 heavy (non-hydrogen) atoms. The smallest absolute Gasteiger partial charge is 0.223 e. The summed E-state index contributed by atoms with van der Waals surface area (Å²) < 4.78 is 13.7. The van der Waals surface area contributed by atoms with Crippen molar-refractivity contribution in [3.05, 3.63) is 38.9 Å². The topological polar surface area (TPSA) is 63.8 Å². The van der Waals surface area contributed by atoms with E-state index in [9.17, 15) is 4.39 Å². The maximum absolute atomic E-state index is 13.2. The van der Waals surface area contributed by atoms with E-state index in [1.165, 1.54) is 23.5 Å². The highest BCUT2D eigenvalue weighted by molar-refractivity contribution is 9.10. The molecule has 3 N–H and O–H groups in total. The van der Waals surface area contributed by atoms with Crippen molar-refractivity contribution in [1.82, 2.24) is 9.97 Å². The first-order valence-electron chi connectivity index (χ1n) is 5.47. The van der Waals surface area contributed by atoms with Gasteiger partial charge in [-0.2, -0.15) is 4.98 Å². The lowest BCUT2D eigenvalue weighted by Gasteiger charge is -2.11. The van der Waals surface area contributed by atoms with E-state index in [0.29, 0.717) is 16.0 Å². The van der Waals surface area contributed by atoms with Gasteiger partial charge in [-0.05, 0) is 39.5 Å². The number of halogens is 3. The molecule has 0 aliphatic heterocycles. The Labute approximate surface area is 130 Å². The first kappa shape index (κ1) is 13.5. The second-order valence-electron chi connectivity index (χ2n) is 3.94. The number of nitrogens with zero attached hydrogens (tertiary/aromatic N) is 2. The van der Waals surface area contributed by atoms with Gasteiger partial charge in [0.15, 0.2) is 0 Å². The summed E-state index contributed by atoms with van der Waals surface area (Å²) in [5.74, 6) is 0.273. The van der Waals surface area contributed by atoms with Gasteiger partial charge in [-0.3, -0.25) is 0 Å². The highest BCUT2D eigenvalue weighted by atomic mass is 79.9. The largest absolute Gasteiger partial charge is 0.368 e. The van der Waals surface area contributed by atoms with Gasteiger partial charge in [0, 0.05) is 4.47 Å². The molecule has 0 aliphatic rings. The Morgan fingerprint density at radius 2 is 2.15 bits per heavy atom. The van der Waals surface area contributed by atoms with E-state index < -0.39 is 5.82 Å². The zero-order chi connectivity index (χ0) is 14.3. The van der Waals surface area contributed by atoms with E-state index in [0.717, 1.165) is 10.2 Å². The highest BCUT2D eigenvalue weighted by Crippen LogP contribution is 2.36. The number of anilines is 3. The summed E-state index contributed by atoms with van der Waals surface area (Å²) in [4.78, 5) is 9.07. The molecular formula is C12H7BrClFN4S. The number of nitrogens with one attached hydrogen (secondary N) is 1. The molecule has 0 atom stereocenters. The molecule has 8 heteroatoms. The van der Waals surface area contributed by atoms with Crippen LogP contribution in [-0.4, -0.2) is 9.97 Å². The molecule has 1 aromatic carbocycles. The van der Waals surface area contributed by atoms with Crippen molar-refractivity contribution in [2.24, 2.45) is 0 Å². The highest BCUT2D eigenvalue weighted by Gasteiger charge is 2.12. The van der Waals surface area contributed by atoms with Gasteiger partial charge in [-0.25, -0.2) is 9.37 Å². The van der Waals surface area contributed by atoms with Crippen molar-refractivity contribution in [3.8, 4) is 0 Å². The third kappa shape index (κ3) is 2.44. The molecule has 0 amide bonds. The molecule has 3 rings (SSSR count). The van der Waals surface area contributed by atoms with Gasteiger partial charge >= 0.3 is 0 Å². The van der Waals surface area contributed by atoms with Crippen LogP contribution >= 0.6 is 38.9 Å². The van der Waals surface area contributed by atoms with Gasteiger partial charge in [0.2, 0.25) is 5.95 Å². The van der Waals surface area contributed by atoms with Crippen LogP contribution in [0.3, 0.4) is 0 Å². The van der Waals surface area contributed by atoms with E-state index in [1.807, 2.05) is 11.4 Å². The molecule has 0 radical (unpaired) electrons. The van der Waals surface area contributed by atoms with Gasteiger partial charge in [0.05, 0.1) is 16.1 Å². The van der Waals surface area contributed by atoms with Crippen LogP contribution in [0.4, 0.5) is 21.8 Å². The number of nitrogens with two attached hydrogens (primary N) is 1. The fourth-order valence-electron chi connectivity index (χ4n) is 1.75. The number of fused-ring (bicyclic) bond motifs is 1. The minimum Gasteiger partial charge on any atom is -0.368 e. The maximum atomic E-state index is 13.2. The average Bonchev–Trinajstić information content (AvgIpc) is 2.81. The van der Waals surface area contributed by atoms with Gasteiger partial charge < -0.3 is 11.1 Å². The summed E-state index contributed by atoms with van der Waals surface area (Å²) in [6.07, 6.45) is 0. The normalized spacial score (nSPS) is 10.9. The number of hydrogen-bond acceptors (Lipinski definition) is 5. The first-order valence-corrected chi connectivity index (χ1v) is 7.52. The number of rotatable bonds is 2. The number of benzene rings is 1. The average molecular weight is 374 g/mol. The van der Waals surface area contributed by atoms with Crippen LogP contribution in [0.15, 0.2) is 28.1 Å². The fourth-order valence-corrected chi connectivity index (χ4v) is 3.42. The standard InChI is InChI=1S/C12H7BrClFN4S/c13-7-3-5(15)4-8(14)9(7)17-10-6-1-2-20-11(6)19-12(16)18-10/h1-4H,(H3,16,17,18,19). The molecule has 0 aliphatic carbocycles. The van der Waals surface area contributed by atoms with Gasteiger partial charge in [-0.15, -0.1) is 11.3 Å². The molecule has 2 heterocycles. The van der Waals surface area contributed by atoms with Crippen molar-refractivity contribution in [3.63, 3.8) is 0 Å². The third-order valence-electron chi connectivity index (χ3n) is 2.59. The molecule has 0 fully saturated rings. The van der Waals surface area contributed by atoms with E-state index in [4.69, 9.17) is 17.3 Å². The quantitative estimate of drug-likeness (QED) is 0.690. The predicted octanol–water partition coefficient (Wildman–Crippen LogP) is 4.57. The predicted molar refractivity (Wildman–Crippen MR) is 84.2 cm³/mol. The Hall–Kier alpha value is -1.44. The Kier molecular flexibility index (Phi) is 3.49. The first-order chi connectivity index (χ1) is 9.54. The second kappa shape index (κ2) is 5.16. The van der Waals surface area contributed by atoms with Crippen LogP contribution in [0.5, 0.6) is 0 Å². The van der Waals surface area contributed by atoms with Crippen molar-refractivity contribution in [2.45, 2.75) is 0 Å². The minimum atomic E-state index is -0.421. The summed E-state index contributed by atoms with van der Waals surface area (Å²) in [5, 5.41) is 6.04. The molecule has 0 spiro atoms. The molecule has 102 valence electrons. The van der Waals surface area contributed by atoms with Crippen LogP contribution < -0.4 is 11.1 Å². The Balaban J connectivity index is 2.12. The van der Waals surface area contributed by atoms with Crippen LogP contribution in [0.2, 0.25) is 5.02 Å². The maximum Gasteiger partial charge on any atom is 0.223 e. The Morgan fingerprint density at radius 3 is 2.90 bits per heavy atom. The molecule has 0 unspecified atom stereocenters. The second-order valence-corrected chi connectivity index (χ2v) is 6.10. The molecular weight excluding hydrogens is 367 g/mol. The van der Waals surface area contributed by atoms with Crippen LogP contribution in [-0.2, 0) is 0 Å². The monoisotopic (exact) mass is 372 g/mol. The molecule has 3 aromatic rings.